The van der Waals surface area contributed by atoms with Crippen molar-refractivity contribution >= 4 is 73.4 Å². The number of carbonyl (C=O) groups is 2. The molecule has 0 radical (unpaired) electrons. The summed E-state index contributed by atoms with van der Waals surface area (Å²) in [6.07, 6.45) is 14.9. The van der Waals surface area contributed by atoms with Gasteiger partial charge < -0.3 is 27.9 Å². The van der Waals surface area contributed by atoms with E-state index < -0.39 is 48.2 Å². The lowest BCUT2D eigenvalue weighted by atomic mass is 9.70. The van der Waals surface area contributed by atoms with E-state index in [4.69, 9.17) is 22.8 Å². The second-order valence-electron chi connectivity index (χ2n) is 27.2. The molecule has 452 valence electrons. The average molecular weight is 1250 g/mol. The van der Waals surface area contributed by atoms with Crippen LogP contribution in [0, 0.1) is 23.7 Å². The second kappa shape index (κ2) is 28.2. The van der Waals surface area contributed by atoms with Gasteiger partial charge in [0.2, 0.25) is 0 Å². The van der Waals surface area contributed by atoms with Gasteiger partial charge in [0.15, 0.2) is 25.5 Å². The standard InChI is InChI=1S/C72H97BrO8Si3/c1-51(41-42-74)39-40-59(73)47-64(81-84(71(13,14)15,62-35-27-21-28-36-62)63-37-29-22-30-38-63)54(4)43-52(2)44-55(5)66(75)65-67(77-16)72(80-68(65)76)48-56(6)57(46-58(72)45-53(3)49-78-82(17,18)69(7,8)9)50-79-83(70(10,11)12,60-31-23-19-24-32-60)61-33-25-20-26-34-61/h19-41,44-47,52,54,56,58,64,74H,42-43,48-50H2,1-18H3/b40-39+,51-41+,53-45+,55-44+,59-47-/t52-,54-,56?,58+,64+,72-/m0/s1. The van der Waals surface area contributed by atoms with Crippen LogP contribution in [0.4, 0.5) is 0 Å². The molecular weight excluding hydrogens is 1160 g/mol. The molecule has 2 aliphatic rings. The lowest BCUT2D eigenvalue weighted by Crippen LogP contribution is -2.68. The molecule has 1 unspecified atom stereocenters. The summed E-state index contributed by atoms with van der Waals surface area (Å²) in [6, 6.07) is 42.6. The van der Waals surface area contributed by atoms with Crippen molar-refractivity contribution in [2.24, 2.45) is 23.7 Å². The smallest absolute Gasteiger partial charge is 0.346 e. The number of esters is 1. The number of allylic oxidation sites excluding steroid dienone is 6. The monoisotopic (exact) mass is 1250 g/mol. The Hall–Kier alpha value is -5.03. The van der Waals surface area contributed by atoms with Gasteiger partial charge in [-0.05, 0) is 117 Å². The van der Waals surface area contributed by atoms with Gasteiger partial charge in [0.1, 0.15) is 5.57 Å². The highest BCUT2D eigenvalue weighted by Gasteiger charge is 2.58. The number of aliphatic hydroxyl groups is 1. The van der Waals surface area contributed by atoms with E-state index in [0.717, 1.165) is 21.2 Å². The number of hydrogen-bond acceptors (Lipinski definition) is 8. The molecule has 8 nitrogen and oxygen atoms in total. The minimum atomic E-state index is -3.05. The average Bonchev–Trinajstić information content (AvgIpc) is 1.52. The summed E-state index contributed by atoms with van der Waals surface area (Å²) in [5, 5.41) is 13.8. The maximum absolute atomic E-state index is 15.2. The number of hydrogen-bond donors (Lipinski definition) is 1. The minimum Gasteiger partial charge on any atom is -0.496 e. The molecule has 0 fully saturated rings. The summed E-state index contributed by atoms with van der Waals surface area (Å²) in [7, 11) is -6.57. The van der Waals surface area contributed by atoms with E-state index in [2.05, 4.69) is 259 Å². The van der Waals surface area contributed by atoms with Gasteiger partial charge >= 0.3 is 5.97 Å². The molecule has 0 amide bonds. The Bertz CT molecular complexity index is 3020. The number of ether oxygens (including phenoxy) is 2. The molecule has 1 aliphatic heterocycles. The molecule has 0 aromatic heterocycles. The van der Waals surface area contributed by atoms with Crippen LogP contribution in [0.25, 0.3) is 0 Å². The van der Waals surface area contributed by atoms with Crippen LogP contribution in [0.2, 0.25) is 28.2 Å². The maximum Gasteiger partial charge on any atom is 0.346 e. The number of Topliss-reactive ketones (excluding diaryl/α,β-unsaturated/α-hetero) is 1. The molecular formula is C72H97BrO8Si3. The van der Waals surface area contributed by atoms with Gasteiger partial charge in [-0.3, -0.25) is 4.79 Å². The molecule has 1 heterocycles. The highest BCUT2D eigenvalue weighted by molar-refractivity contribution is 9.11. The van der Waals surface area contributed by atoms with Crippen LogP contribution >= 0.6 is 15.9 Å². The van der Waals surface area contributed by atoms with Gasteiger partial charge in [0, 0.05) is 16.8 Å². The molecule has 1 spiro atoms. The zero-order valence-corrected chi connectivity index (χ0v) is 58.3. The van der Waals surface area contributed by atoms with Crippen LogP contribution in [-0.4, -0.2) is 80.4 Å². The third-order valence-corrected chi connectivity index (χ3v) is 32.7. The first-order chi connectivity index (χ1) is 39.4. The molecule has 0 bridgehead atoms. The van der Waals surface area contributed by atoms with Gasteiger partial charge in [-0.15, -0.1) is 0 Å². The fourth-order valence-corrected chi connectivity index (χ4v) is 22.8. The van der Waals surface area contributed by atoms with Crippen molar-refractivity contribution in [3.05, 3.63) is 202 Å². The van der Waals surface area contributed by atoms with Crippen LogP contribution in [0.5, 0.6) is 0 Å². The van der Waals surface area contributed by atoms with Crippen LogP contribution in [-0.2, 0) is 32.3 Å². The molecule has 1 aliphatic carbocycles. The van der Waals surface area contributed by atoms with E-state index in [1.807, 2.05) is 25.2 Å². The molecule has 6 atom stereocenters. The number of ketones is 1. The van der Waals surface area contributed by atoms with E-state index >= 15 is 4.79 Å². The van der Waals surface area contributed by atoms with Crippen molar-refractivity contribution < 1.29 is 37.4 Å². The highest BCUT2D eigenvalue weighted by Crippen LogP contribution is 2.51. The molecule has 4 aromatic rings. The van der Waals surface area contributed by atoms with Crippen molar-refractivity contribution in [3.8, 4) is 0 Å². The Morgan fingerprint density at radius 2 is 1.23 bits per heavy atom. The summed E-state index contributed by atoms with van der Waals surface area (Å²) in [4.78, 5) is 29.9. The van der Waals surface area contributed by atoms with Crippen LogP contribution in [0.3, 0.4) is 0 Å². The summed E-state index contributed by atoms with van der Waals surface area (Å²) >= 11 is 3.88. The third kappa shape index (κ3) is 15.2. The number of carbonyl (C=O) groups excluding carboxylic acids is 2. The van der Waals surface area contributed by atoms with Crippen molar-refractivity contribution in [2.45, 2.75) is 157 Å². The topological polar surface area (TPSA) is 101 Å². The Labute approximate surface area is 516 Å². The number of rotatable bonds is 24. The van der Waals surface area contributed by atoms with E-state index in [1.165, 1.54) is 20.7 Å². The Balaban J connectivity index is 1.40. The number of halogens is 1. The fourth-order valence-electron chi connectivity index (χ4n) is 12.2. The van der Waals surface area contributed by atoms with Crippen molar-refractivity contribution in [3.63, 3.8) is 0 Å². The van der Waals surface area contributed by atoms with E-state index in [1.54, 1.807) is 20.1 Å². The normalized spacial score (nSPS) is 20.3. The van der Waals surface area contributed by atoms with E-state index in [-0.39, 0.29) is 56.9 Å². The predicted octanol–water partition coefficient (Wildman–Crippen LogP) is 15.2. The van der Waals surface area contributed by atoms with Crippen LogP contribution in [0.1, 0.15) is 117 Å². The molecule has 1 N–H and O–H groups in total. The summed E-state index contributed by atoms with van der Waals surface area (Å²) in [6.45, 7) is 38.0. The molecule has 6 rings (SSSR count). The van der Waals surface area contributed by atoms with Gasteiger partial charge in [-0.1, -0.05) is 262 Å². The van der Waals surface area contributed by atoms with Crippen LogP contribution in [0.15, 0.2) is 202 Å². The minimum absolute atomic E-state index is 0.00729. The largest absolute Gasteiger partial charge is 0.496 e. The SMILES string of the molecule is COC1=C(C(=O)/C(C)=C/[C@@H](C)C[C@H](C)[C@@H](/C=C(Br)/C=C/C(C)=C/CO)O[Si](c2ccccc2)(c2ccccc2)C(C)(C)C)C(=O)O[C@]12CC(C)C(CO[Si](c1ccccc1)(c1ccccc1)C(C)(C)C)=C[C@H]2/C=C(\C)CO[Si](C)(C)C(C)(C)C. The first-order valence-corrected chi connectivity index (χ1v) is 37.5. The predicted molar refractivity (Wildman–Crippen MR) is 360 cm³/mol. The second-order valence-corrected chi connectivity index (χ2v) is 41.5. The van der Waals surface area contributed by atoms with Crippen molar-refractivity contribution in [1.29, 1.82) is 0 Å². The highest BCUT2D eigenvalue weighted by atomic mass is 79.9. The Morgan fingerprint density at radius 3 is 1.68 bits per heavy atom. The third-order valence-electron chi connectivity index (χ3n) is 17.7. The van der Waals surface area contributed by atoms with Crippen molar-refractivity contribution in [1.82, 2.24) is 0 Å². The molecule has 12 heteroatoms. The number of methoxy groups -OCH3 is 1. The Kier molecular flexibility index (Phi) is 22.9. The van der Waals surface area contributed by atoms with Crippen molar-refractivity contribution in [2.75, 3.05) is 26.9 Å². The zero-order chi connectivity index (χ0) is 62.1. The lowest BCUT2D eigenvalue weighted by Gasteiger charge is -2.46. The van der Waals surface area contributed by atoms with E-state index in [9.17, 15) is 9.90 Å². The van der Waals surface area contributed by atoms with Gasteiger partial charge in [-0.25, -0.2) is 4.79 Å². The maximum atomic E-state index is 15.2. The summed E-state index contributed by atoms with van der Waals surface area (Å²) in [5.41, 5.74) is 2.10. The van der Waals surface area contributed by atoms with Gasteiger partial charge in [0.05, 0.1) is 33.0 Å². The quantitative estimate of drug-likeness (QED) is 0.0185. The first kappa shape index (κ1) is 68.1. The molecule has 0 saturated heterocycles. The van der Waals surface area contributed by atoms with Gasteiger partial charge in [0.25, 0.3) is 16.6 Å². The first-order valence-electron chi connectivity index (χ1n) is 30.0. The fraction of sp³-hybridized carbons (Fsp3) is 0.444. The Morgan fingerprint density at radius 1 is 0.738 bits per heavy atom. The number of aliphatic hydroxyl groups excluding tert-OH is 1. The van der Waals surface area contributed by atoms with Gasteiger partial charge in [-0.2, -0.15) is 0 Å². The lowest BCUT2D eigenvalue weighted by molar-refractivity contribution is -0.153. The molecule has 4 aromatic carbocycles. The van der Waals surface area contributed by atoms with Crippen LogP contribution < -0.4 is 20.7 Å². The zero-order valence-electron chi connectivity index (χ0n) is 53.7. The van der Waals surface area contributed by atoms with E-state index in [0.29, 0.717) is 31.6 Å². The summed E-state index contributed by atoms with van der Waals surface area (Å²) in [5.74, 6) is -1.63. The number of benzene rings is 4. The summed E-state index contributed by atoms with van der Waals surface area (Å²) < 4.78 is 36.1. The molecule has 0 saturated carbocycles. The molecule has 84 heavy (non-hydrogen) atoms.